The number of nitrogens with zero attached hydrogens (tertiary/aromatic N) is 4. The highest BCUT2D eigenvalue weighted by molar-refractivity contribution is 7.45. The quantitative estimate of drug-likeness (QED) is 0.548. The number of carbonyl (C=O) groups is 1. The molecule has 0 radical (unpaired) electrons. The molecule has 2 aliphatic heterocycles. The van der Waals surface area contributed by atoms with Gasteiger partial charge >= 0.3 is 0 Å². The second-order valence-electron chi connectivity index (χ2n) is 6.74. The minimum Gasteiger partial charge on any atom is -0.756 e. The number of amides is 1. The van der Waals surface area contributed by atoms with Crippen molar-refractivity contribution in [3.63, 3.8) is 0 Å². The lowest BCUT2D eigenvalue weighted by Crippen LogP contribution is -2.41. The van der Waals surface area contributed by atoms with Gasteiger partial charge in [-0.05, 0) is 12.1 Å². The van der Waals surface area contributed by atoms with E-state index >= 15 is 0 Å². The summed E-state index contributed by atoms with van der Waals surface area (Å²) >= 11 is 0. The molecular weight excluding hydrogens is 417 g/mol. The molecule has 0 aliphatic carbocycles. The number of phosphoric ester groups is 1. The average Bonchev–Trinajstić information content (AvgIpc) is 3.30. The van der Waals surface area contributed by atoms with Crippen molar-refractivity contribution < 1.29 is 33.1 Å². The molecule has 3 aromatic rings. The summed E-state index contributed by atoms with van der Waals surface area (Å²) in [6.07, 6.45) is -1.61. The molecule has 2 fully saturated rings. The van der Waals surface area contributed by atoms with Gasteiger partial charge in [-0.1, -0.05) is 18.2 Å². The summed E-state index contributed by atoms with van der Waals surface area (Å²) in [5.74, 6) is -0.189. The van der Waals surface area contributed by atoms with Gasteiger partial charge < -0.3 is 29.1 Å². The highest BCUT2D eigenvalue weighted by atomic mass is 31.2. The minimum absolute atomic E-state index is 0.182. The van der Waals surface area contributed by atoms with Crippen LogP contribution in [0.1, 0.15) is 16.6 Å². The Hall–Kier alpha value is -2.73. The maximum atomic E-state index is 12.4. The molecule has 2 saturated heterocycles. The molecule has 1 unspecified atom stereocenters. The topological polar surface area (TPSA) is 161 Å². The molecule has 0 spiro atoms. The molecule has 0 saturated carbocycles. The van der Waals surface area contributed by atoms with Gasteiger partial charge in [-0.25, -0.2) is 15.0 Å². The summed E-state index contributed by atoms with van der Waals surface area (Å²) < 4.78 is 28.2. The van der Waals surface area contributed by atoms with Crippen LogP contribution in [0.2, 0.25) is 0 Å². The van der Waals surface area contributed by atoms with Gasteiger partial charge in [0.05, 0.1) is 12.9 Å². The number of aliphatic hydroxyl groups excluding tert-OH is 1. The molecule has 13 heteroatoms. The first kappa shape index (κ1) is 19.2. The predicted octanol–water partition coefficient (Wildman–Crippen LogP) is 0.221. The smallest absolute Gasteiger partial charge is 0.268 e. The lowest BCUT2D eigenvalue weighted by atomic mass is 10.1. The Balaban J connectivity index is 1.44. The van der Waals surface area contributed by atoms with Crippen molar-refractivity contribution in [2.45, 2.75) is 24.5 Å². The van der Waals surface area contributed by atoms with E-state index in [-0.39, 0.29) is 29.5 Å². The largest absolute Gasteiger partial charge is 0.756 e. The normalized spacial score (nSPS) is 30.9. The van der Waals surface area contributed by atoms with Crippen LogP contribution in [-0.4, -0.2) is 55.5 Å². The predicted molar refractivity (Wildman–Crippen MR) is 98.1 cm³/mol. The maximum absolute atomic E-state index is 12.4. The summed E-state index contributed by atoms with van der Waals surface area (Å²) in [6, 6.07) is 8.60. The monoisotopic (exact) mass is 432 g/mol. The molecule has 30 heavy (non-hydrogen) atoms. The number of carbonyl (C=O) groups excluding carboxylic acids is 1. The Bertz CT molecular complexity index is 1160. The van der Waals surface area contributed by atoms with Crippen LogP contribution in [0.5, 0.6) is 0 Å². The highest BCUT2D eigenvalue weighted by Crippen LogP contribution is 2.49. The average molecular weight is 432 g/mol. The van der Waals surface area contributed by atoms with Gasteiger partial charge in [0.1, 0.15) is 24.6 Å². The highest BCUT2D eigenvalue weighted by Gasteiger charge is 2.50. The lowest BCUT2D eigenvalue weighted by Gasteiger charge is -2.34. The maximum Gasteiger partial charge on any atom is 0.268 e. The number of hydrogen-bond acceptors (Lipinski definition) is 10. The van der Waals surface area contributed by atoms with Crippen molar-refractivity contribution in [3.8, 4) is 0 Å². The molecule has 5 rings (SSSR count). The first-order valence-corrected chi connectivity index (χ1v) is 10.4. The van der Waals surface area contributed by atoms with E-state index < -0.39 is 32.4 Å². The minimum atomic E-state index is -4.49. The molecule has 156 valence electrons. The molecular formula is C17H15N5O7P-. The number of imidazole rings is 1. The van der Waals surface area contributed by atoms with Gasteiger partial charge in [0, 0.05) is 5.56 Å². The van der Waals surface area contributed by atoms with Crippen LogP contribution in [0.3, 0.4) is 0 Å². The third kappa shape index (κ3) is 3.29. The number of aliphatic hydroxyl groups is 1. The van der Waals surface area contributed by atoms with E-state index in [1.54, 1.807) is 30.3 Å². The van der Waals surface area contributed by atoms with E-state index in [0.717, 1.165) is 0 Å². The fourth-order valence-corrected chi connectivity index (χ4v) is 4.41. The molecule has 1 amide bonds. The van der Waals surface area contributed by atoms with Gasteiger partial charge in [-0.3, -0.25) is 13.9 Å². The van der Waals surface area contributed by atoms with Crippen molar-refractivity contribution in [2.24, 2.45) is 0 Å². The van der Waals surface area contributed by atoms with Crippen LogP contribution < -0.4 is 10.2 Å². The SMILES string of the molecule is O=C(Nc1ncnc2c1ncn2[C@@H]1O[C@@H]2COP(=O)([O-])O[C@H]2[C@H]1O)c1ccccc1. The fourth-order valence-electron chi connectivity index (χ4n) is 3.46. The molecule has 2 N–H and O–H groups in total. The Morgan fingerprint density at radius 1 is 1.27 bits per heavy atom. The first-order valence-electron chi connectivity index (χ1n) is 8.94. The Morgan fingerprint density at radius 3 is 2.87 bits per heavy atom. The number of nitrogens with one attached hydrogen (secondary N) is 1. The number of benzene rings is 1. The number of hydrogen-bond donors (Lipinski definition) is 2. The van der Waals surface area contributed by atoms with E-state index in [9.17, 15) is 19.4 Å². The van der Waals surface area contributed by atoms with Crippen LogP contribution in [0.25, 0.3) is 11.2 Å². The molecule has 2 aliphatic rings. The van der Waals surface area contributed by atoms with E-state index in [1.165, 1.54) is 17.2 Å². The summed E-state index contributed by atoms with van der Waals surface area (Å²) in [5, 5.41) is 13.3. The van der Waals surface area contributed by atoms with Crippen molar-refractivity contribution in [3.05, 3.63) is 48.5 Å². The number of anilines is 1. The standard InChI is InChI=1S/C17H16N5O7P/c23-12-13-10(6-27-30(25,26)29-13)28-17(12)22-8-20-11-14(18-7-19-15(11)22)21-16(24)9-4-2-1-3-5-9/h1-5,7-8,10,12-13,17,23H,6H2,(H,25,26)(H,18,19,21,24)/p-1/t10-,12-,13-,17-/m1/s1. The Labute approximate surface area is 169 Å². The molecule has 0 bridgehead atoms. The number of rotatable bonds is 3. The number of phosphoric acid groups is 1. The van der Waals surface area contributed by atoms with E-state index in [1.807, 2.05) is 0 Å². The van der Waals surface area contributed by atoms with E-state index in [4.69, 9.17) is 9.26 Å². The summed E-state index contributed by atoms with van der Waals surface area (Å²) in [5.41, 5.74) is 1.00. The zero-order valence-electron chi connectivity index (χ0n) is 15.2. The van der Waals surface area contributed by atoms with Gasteiger partial charge in [-0.15, -0.1) is 0 Å². The number of fused-ring (bicyclic) bond motifs is 2. The van der Waals surface area contributed by atoms with Crippen molar-refractivity contribution in [1.82, 2.24) is 19.5 Å². The molecule has 2 aromatic heterocycles. The molecule has 4 heterocycles. The van der Waals surface area contributed by atoms with Crippen LogP contribution in [-0.2, 0) is 18.3 Å². The van der Waals surface area contributed by atoms with E-state index in [0.29, 0.717) is 5.56 Å². The van der Waals surface area contributed by atoms with Crippen LogP contribution in [0.15, 0.2) is 43.0 Å². The van der Waals surface area contributed by atoms with Gasteiger partial charge in [-0.2, -0.15) is 0 Å². The third-order valence-corrected chi connectivity index (χ3v) is 5.82. The zero-order chi connectivity index (χ0) is 20.9. The fraction of sp³-hybridized carbons (Fsp3) is 0.294. The lowest BCUT2D eigenvalue weighted by molar-refractivity contribution is -0.245. The number of ether oxygens (including phenoxy) is 1. The number of aromatic nitrogens is 4. The van der Waals surface area contributed by atoms with Crippen molar-refractivity contribution >= 4 is 30.7 Å². The van der Waals surface area contributed by atoms with Crippen LogP contribution in [0.4, 0.5) is 5.82 Å². The van der Waals surface area contributed by atoms with Gasteiger partial charge in [0.15, 0.2) is 23.2 Å². The third-order valence-electron chi connectivity index (χ3n) is 4.86. The molecule has 5 atom stereocenters. The Morgan fingerprint density at radius 2 is 2.07 bits per heavy atom. The van der Waals surface area contributed by atoms with Crippen molar-refractivity contribution in [1.29, 1.82) is 0 Å². The van der Waals surface area contributed by atoms with Crippen LogP contribution >= 0.6 is 7.82 Å². The Kier molecular flexibility index (Phi) is 4.62. The van der Waals surface area contributed by atoms with Gasteiger partial charge in [0.25, 0.3) is 13.7 Å². The zero-order valence-corrected chi connectivity index (χ0v) is 16.1. The van der Waals surface area contributed by atoms with E-state index in [2.05, 4.69) is 24.8 Å². The molecule has 1 aromatic carbocycles. The van der Waals surface area contributed by atoms with Crippen LogP contribution in [0, 0.1) is 0 Å². The summed E-state index contributed by atoms with van der Waals surface area (Å²) in [4.78, 5) is 36.5. The first-order chi connectivity index (χ1) is 14.4. The second kappa shape index (κ2) is 7.20. The van der Waals surface area contributed by atoms with Gasteiger partial charge in [0.2, 0.25) is 0 Å². The second-order valence-corrected chi connectivity index (χ2v) is 8.10. The molecule has 12 nitrogen and oxygen atoms in total. The summed E-state index contributed by atoms with van der Waals surface area (Å²) in [7, 11) is -4.49. The summed E-state index contributed by atoms with van der Waals surface area (Å²) in [6.45, 7) is -0.265. The van der Waals surface area contributed by atoms with Crippen molar-refractivity contribution in [2.75, 3.05) is 11.9 Å².